The van der Waals surface area contributed by atoms with Gasteiger partial charge in [-0.2, -0.15) is 0 Å². The Morgan fingerprint density at radius 3 is 3.07 bits per heavy atom. The zero-order chi connectivity index (χ0) is 10.5. The molecule has 1 aliphatic heterocycles. The minimum atomic E-state index is -0.0482. The largest absolute Gasteiger partial charge is 0.378 e. The molecule has 0 spiro atoms. The van der Waals surface area contributed by atoms with Crippen LogP contribution in [0.5, 0.6) is 0 Å². The van der Waals surface area contributed by atoms with Crippen LogP contribution in [0, 0.1) is 0 Å². The summed E-state index contributed by atoms with van der Waals surface area (Å²) in [5.41, 5.74) is 0.900. The zero-order valence-corrected chi connectivity index (χ0v) is 8.40. The number of H-pyrrole nitrogens is 1. The molecular formula is C9H14N4O2. The molecule has 0 radical (unpaired) electrons. The number of urea groups is 1. The van der Waals surface area contributed by atoms with E-state index in [1.54, 1.807) is 17.4 Å². The Labute approximate surface area is 87.6 Å². The van der Waals surface area contributed by atoms with Crippen LogP contribution < -0.4 is 5.32 Å². The minimum absolute atomic E-state index is 0.0482. The van der Waals surface area contributed by atoms with Gasteiger partial charge in [-0.3, -0.25) is 0 Å². The lowest BCUT2D eigenvalue weighted by Crippen LogP contribution is -2.45. The third kappa shape index (κ3) is 2.69. The van der Waals surface area contributed by atoms with Gasteiger partial charge >= 0.3 is 6.03 Å². The molecule has 0 saturated carbocycles. The van der Waals surface area contributed by atoms with Crippen molar-refractivity contribution in [3.8, 4) is 0 Å². The van der Waals surface area contributed by atoms with Crippen LogP contribution in [-0.2, 0) is 11.3 Å². The second-order valence-corrected chi connectivity index (χ2v) is 3.33. The first kappa shape index (κ1) is 9.97. The normalized spacial score (nSPS) is 16.4. The summed E-state index contributed by atoms with van der Waals surface area (Å²) in [7, 11) is 0. The van der Waals surface area contributed by atoms with Crippen molar-refractivity contribution in [2.75, 3.05) is 26.3 Å². The fraction of sp³-hybridized carbons (Fsp3) is 0.556. The van der Waals surface area contributed by atoms with Gasteiger partial charge in [-0.05, 0) is 0 Å². The first-order valence-electron chi connectivity index (χ1n) is 4.94. The highest BCUT2D eigenvalue weighted by Crippen LogP contribution is 1.98. The number of carbonyl (C=O) groups is 1. The van der Waals surface area contributed by atoms with Crippen LogP contribution >= 0.6 is 0 Å². The Hall–Kier alpha value is -1.56. The zero-order valence-electron chi connectivity index (χ0n) is 8.40. The second-order valence-electron chi connectivity index (χ2n) is 3.33. The molecule has 2 amide bonds. The molecule has 6 heteroatoms. The van der Waals surface area contributed by atoms with Gasteiger partial charge in [0.15, 0.2) is 0 Å². The maximum Gasteiger partial charge on any atom is 0.317 e. The first-order valence-corrected chi connectivity index (χ1v) is 4.94. The molecule has 1 fully saturated rings. The van der Waals surface area contributed by atoms with Crippen LogP contribution in [0.4, 0.5) is 4.79 Å². The summed E-state index contributed by atoms with van der Waals surface area (Å²) in [6.45, 7) is 3.05. The van der Waals surface area contributed by atoms with Gasteiger partial charge in [-0.25, -0.2) is 9.78 Å². The standard InChI is InChI=1S/C9H14N4O2/c14-9(13-1-3-15-4-2-13)11-6-8-5-10-7-12-8/h5,7H,1-4,6H2,(H,10,12)(H,11,14). The molecule has 0 aromatic carbocycles. The van der Waals surface area contributed by atoms with Crippen molar-refractivity contribution in [1.82, 2.24) is 20.2 Å². The van der Waals surface area contributed by atoms with Gasteiger partial charge in [0.1, 0.15) is 0 Å². The van der Waals surface area contributed by atoms with Gasteiger partial charge in [0.05, 0.1) is 31.8 Å². The molecule has 0 atom stereocenters. The van der Waals surface area contributed by atoms with Crippen LogP contribution in [0.1, 0.15) is 5.69 Å². The van der Waals surface area contributed by atoms with Crippen molar-refractivity contribution in [3.05, 3.63) is 18.2 Å². The van der Waals surface area contributed by atoms with Gasteiger partial charge in [0, 0.05) is 19.3 Å². The topological polar surface area (TPSA) is 70.2 Å². The number of nitrogens with zero attached hydrogens (tertiary/aromatic N) is 2. The Bertz CT molecular complexity index is 306. The summed E-state index contributed by atoms with van der Waals surface area (Å²) in [6, 6.07) is -0.0482. The van der Waals surface area contributed by atoms with E-state index < -0.39 is 0 Å². The molecule has 0 aliphatic carbocycles. The Kier molecular flexibility index (Phi) is 3.18. The average Bonchev–Trinajstić information content (AvgIpc) is 2.80. The molecule has 0 bridgehead atoms. The van der Waals surface area contributed by atoms with Crippen LogP contribution in [-0.4, -0.2) is 47.2 Å². The number of ether oxygens (including phenoxy) is 1. The quantitative estimate of drug-likeness (QED) is 0.719. The van der Waals surface area contributed by atoms with Gasteiger partial charge in [-0.15, -0.1) is 0 Å². The molecule has 1 aromatic heterocycles. The molecule has 82 valence electrons. The Morgan fingerprint density at radius 2 is 2.40 bits per heavy atom. The van der Waals surface area contributed by atoms with Crippen molar-refractivity contribution >= 4 is 6.03 Å². The SMILES string of the molecule is O=C(NCc1cnc[nH]1)N1CCOCC1. The van der Waals surface area contributed by atoms with Crippen LogP contribution in [0.15, 0.2) is 12.5 Å². The van der Waals surface area contributed by atoms with Crippen LogP contribution in [0.25, 0.3) is 0 Å². The molecular weight excluding hydrogens is 196 g/mol. The molecule has 2 rings (SSSR count). The van der Waals surface area contributed by atoms with E-state index in [9.17, 15) is 4.79 Å². The maximum absolute atomic E-state index is 11.6. The first-order chi connectivity index (χ1) is 7.36. The average molecular weight is 210 g/mol. The number of aromatic amines is 1. The summed E-state index contributed by atoms with van der Waals surface area (Å²) < 4.78 is 5.16. The number of amides is 2. The molecule has 1 aromatic rings. The van der Waals surface area contributed by atoms with Gasteiger partial charge < -0.3 is 19.9 Å². The van der Waals surface area contributed by atoms with E-state index in [2.05, 4.69) is 15.3 Å². The predicted octanol–water partition coefficient (Wildman–Crippen LogP) is -0.0485. The van der Waals surface area contributed by atoms with Crippen molar-refractivity contribution in [1.29, 1.82) is 0 Å². The number of morpholine rings is 1. The third-order valence-corrected chi connectivity index (χ3v) is 2.28. The van der Waals surface area contributed by atoms with Crippen molar-refractivity contribution in [3.63, 3.8) is 0 Å². The lowest BCUT2D eigenvalue weighted by molar-refractivity contribution is 0.0531. The summed E-state index contributed by atoms with van der Waals surface area (Å²) in [5.74, 6) is 0. The summed E-state index contributed by atoms with van der Waals surface area (Å²) in [5, 5.41) is 2.81. The predicted molar refractivity (Wildman–Crippen MR) is 53.2 cm³/mol. The number of aromatic nitrogens is 2. The molecule has 0 unspecified atom stereocenters. The summed E-state index contributed by atoms with van der Waals surface area (Å²) >= 11 is 0. The number of hydrogen-bond donors (Lipinski definition) is 2. The molecule has 15 heavy (non-hydrogen) atoms. The molecule has 2 N–H and O–H groups in total. The summed E-state index contributed by atoms with van der Waals surface area (Å²) in [4.78, 5) is 20.2. The number of hydrogen-bond acceptors (Lipinski definition) is 3. The van der Waals surface area contributed by atoms with E-state index in [0.717, 1.165) is 5.69 Å². The Balaban J connectivity index is 1.76. The number of rotatable bonds is 2. The van der Waals surface area contributed by atoms with Gasteiger partial charge in [-0.1, -0.05) is 0 Å². The molecule has 6 nitrogen and oxygen atoms in total. The smallest absolute Gasteiger partial charge is 0.317 e. The van der Waals surface area contributed by atoms with Crippen LogP contribution in [0.2, 0.25) is 0 Å². The van der Waals surface area contributed by atoms with E-state index in [4.69, 9.17) is 4.74 Å². The third-order valence-electron chi connectivity index (χ3n) is 2.28. The fourth-order valence-electron chi connectivity index (χ4n) is 1.43. The molecule has 1 saturated heterocycles. The number of imidazole rings is 1. The summed E-state index contributed by atoms with van der Waals surface area (Å²) in [6.07, 6.45) is 3.29. The van der Waals surface area contributed by atoms with E-state index in [-0.39, 0.29) is 6.03 Å². The van der Waals surface area contributed by atoms with Gasteiger partial charge in [0.25, 0.3) is 0 Å². The van der Waals surface area contributed by atoms with Crippen molar-refractivity contribution in [2.24, 2.45) is 0 Å². The Morgan fingerprint density at radius 1 is 1.60 bits per heavy atom. The molecule has 2 heterocycles. The van der Waals surface area contributed by atoms with Crippen LogP contribution in [0.3, 0.4) is 0 Å². The van der Waals surface area contributed by atoms with Gasteiger partial charge in [0.2, 0.25) is 0 Å². The van der Waals surface area contributed by atoms with E-state index in [1.807, 2.05) is 0 Å². The second kappa shape index (κ2) is 4.79. The lowest BCUT2D eigenvalue weighted by atomic mass is 10.4. The fourth-order valence-corrected chi connectivity index (χ4v) is 1.43. The van der Waals surface area contributed by atoms with E-state index in [1.165, 1.54) is 0 Å². The highest BCUT2D eigenvalue weighted by atomic mass is 16.5. The van der Waals surface area contributed by atoms with Crippen molar-refractivity contribution < 1.29 is 9.53 Å². The lowest BCUT2D eigenvalue weighted by Gasteiger charge is -2.26. The minimum Gasteiger partial charge on any atom is -0.378 e. The van der Waals surface area contributed by atoms with Crippen molar-refractivity contribution in [2.45, 2.75) is 6.54 Å². The molecule has 1 aliphatic rings. The van der Waals surface area contributed by atoms with E-state index >= 15 is 0 Å². The highest BCUT2D eigenvalue weighted by molar-refractivity contribution is 5.74. The number of carbonyl (C=O) groups excluding carboxylic acids is 1. The monoisotopic (exact) mass is 210 g/mol. The number of nitrogens with one attached hydrogen (secondary N) is 2. The highest BCUT2D eigenvalue weighted by Gasteiger charge is 2.15. The maximum atomic E-state index is 11.6. The van der Waals surface area contributed by atoms with E-state index in [0.29, 0.717) is 32.8 Å².